The van der Waals surface area contributed by atoms with Crippen molar-refractivity contribution in [3.05, 3.63) is 42.5 Å². The van der Waals surface area contributed by atoms with Crippen LogP contribution in [0.1, 0.15) is 12.8 Å². The number of hydrogen-bond donors (Lipinski definition) is 1. The Morgan fingerprint density at radius 2 is 1.90 bits per heavy atom. The Bertz CT molecular complexity index is 937. The first-order valence-electron chi connectivity index (χ1n) is 10.1. The van der Waals surface area contributed by atoms with Gasteiger partial charge in [0.2, 0.25) is 0 Å². The monoisotopic (exact) mass is 412 g/mol. The number of fused-ring (bicyclic) bond motifs is 1. The Morgan fingerprint density at radius 1 is 1.07 bits per heavy atom. The first-order valence-corrected chi connectivity index (χ1v) is 10.9. The fourth-order valence-corrected chi connectivity index (χ4v) is 4.46. The summed E-state index contributed by atoms with van der Waals surface area (Å²) < 4.78 is 12.5. The van der Waals surface area contributed by atoms with Crippen LogP contribution in [0.25, 0.3) is 10.2 Å². The van der Waals surface area contributed by atoms with Gasteiger partial charge in [0.1, 0.15) is 11.5 Å². The molecule has 1 fully saturated rings. The van der Waals surface area contributed by atoms with Gasteiger partial charge in [-0.3, -0.25) is 4.90 Å². The molecule has 0 radical (unpaired) electrons. The van der Waals surface area contributed by atoms with E-state index in [0.717, 1.165) is 73.9 Å². The Balaban J connectivity index is 1.16. The molecule has 0 atom stereocenters. The number of hydrogen-bond acceptors (Lipinski definition) is 7. The summed E-state index contributed by atoms with van der Waals surface area (Å²) in [6, 6.07) is 14.3. The van der Waals surface area contributed by atoms with Crippen LogP contribution in [0.5, 0.6) is 11.5 Å². The molecular weight excluding hydrogens is 384 g/mol. The topological polar surface area (TPSA) is 63.9 Å². The summed E-state index contributed by atoms with van der Waals surface area (Å²) in [5.41, 5.74) is 7.87. The molecule has 1 aromatic heterocycles. The van der Waals surface area contributed by atoms with E-state index in [9.17, 15) is 0 Å². The minimum Gasteiger partial charge on any atom is -0.495 e. The molecule has 4 rings (SSSR count). The number of nitrogen functional groups attached to an aromatic ring is 1. The summed E-state index contributed by atoms with van der Waals surface area (Å²) in [6.45, 7) is 6.08. The van der Waals surface area contributed by atoms with E-state index in [2.05, 4.69) is 26.9 Å². The van der Waals surface area contributed by atoms with Crippen molar-refractivity contribution in [3.8, 4) is 11.5 Å². The Kier molecular flexibility index (Phi) is 6.36. The number of ether oxygens (including phenoxy) is 2. The van der Waals surface area contributed by atoms with Crippen molar-refractivity contribution in [1.82, 2.24) is 9.88 Å². The number of para-hydroxylation sites is 2. The van der Waals surface area contributed by atoms with Crippen LogP contribution in [0.3, 0.4) is 0 Å². The van der Waals surface area contributed by atoms with Crippen molar-refractivity contribution in [2.24, 2.45) is 0 Å². The molecule has 7 heteroatoms. The molecular formula is C22H28N4O2S. The molecule has 0 spiro atoms. The van der Waals surface area contributed by atoms with Gasteiger partial charge in [0.15, 0.2) is 5.13 Å². The number of nitrogens with two attached hydrogens (primary N) is 1. The van der Waals surface area contributed by atoms with Crippen molar-refractivity contribution in [1.29, 1.82) is 0 Å². The molecule has 3 aromatic rings. The van der Waals surface area contributed by atoms with Gasteiger partial charge in [-0.05, 0) is 43.7 Å². The molecule has 0 bridgehead atoms. The predicted molar refractivity (Wildman–Crippen MR) is 120 cm³/mol. The van der Waals surface area contributed by atoms with Crippen LogP contribution in [0.15, 0.2) is 42.5 Å². The third kappa shape index (κ3) is 4.92. The van der Waals surface area contributed by atoms with Crippen molar-refractivity contribution in [2.45, 2.75) is 12.8 Å². The van der Waals surface area contributed by atoms with Crippen molar-refractivity contribution in [2.75, 3.05) is 57.1 Å². The van der Waals surface area contributed by atoms with Crippen LogP contribution in [0.2, 0.25) is 0 Å². The van der Waals surface area contributed by atoms with Crippen molar-refractivity contribution < 1.29 is 9.47 Å². The average molecular weight is 413 g/mol. The summed E-state index contributed by atoms with van der Waals surface area (Å²) in [7, 11) is 1.74. The van der Waals surface area contributed by atoms with Crippen molar-refractivity contribution >= 4 is 32.4 Å². The second-order valence-corrected chi connectivity index (χ2v) is 8.30. The summed E-state index contributed by atoms with van der Waals surface area (Å²) in [6.07, 6.45) is 2.19. The molecule has 1 saturated heterocycles. The minimum atomic E-state index is 0.600. The first-order chi connectivity index (χ1) is 14.2. The van der Waals surface area contributed by atoms with Crippen LogP contribution in [0, 0.1) is 0 Å². The number of benzene rings is 2. The summed E-state index contributed by atoms with van der Waals surface area (Å²) in [5, 5.41) is 0.600. The number of piperazine rings is 1. The molecule has 0 amide bonds. The highest BCUT2D eigenvalue weighted by atomic mass is 32.1. The van der Waals surface area contributed by atoms with Gasteiger partial charge in [0.05, 0.1) is 29.6 Å². The third-order valence-electron chi connectivity index (χ3n) is 5.31. The lowest BCUT2D eigenvalue weighted by molar-refractivity contribution is 0.238. The summed E-state index contributed by atoms with van der Waals surface area (Å²) >= 11 is 1.50. The van der Waals surface area contributed by atoms with Crippen LogP contribution in [-0.4, -0.2) is 56.3 Å². The number of anilines is 2. The number of methoxy groups -OCH3 is 1. The van der Waals surface area contributed by atoms with Gasteiger partial charge in [-0.2, -0.15) is 0 Å². The fourth-order valence-electron chi connectivity index (χ4n) is 3.75. The van der Waals surface area contributed by atoms with Gasteiger partial charge in [0, 0.05) is 32.2 Å². The maximum Gasteiger partial charge on any atom is 0.181 e. The minimum absolute atomic E-state index is 0.600. The lowest BCUT2D eigenvalue weighted by Crippen LogP contribution is -2.46. The van der Waals surface area contributed by atoms with Gasteiger partial charge in [-0.25, -0.2) is 4.98 Å². The zero-order valence-corrected chi connectivity index (χ0v) is 17.7. The Hall–Kier alpha value is -2.51. The van der Waals surface area contributed by atoms with E-state index in [4.69, 9.17) is 15.2 Å². The van der Waals surface area contributed by atoms with Gasteiger partial charge < -0.3 is 20.1 Å². The highest BCUT2D eigenvalue weighted by Gasteiger charge is 2.19. The number of rotatable bonds is 8. The highest BCUT2D eigenvalue weighted by molar-refractivity contribution is 7.22. The molecule has 2 aromatic carbocycles. The average Bonchev–Trinajstić information content (AvgIpc) is 3.13. The molecule has 0 aliphatic carbocycles. The lowest BCUT2D eigenvalue weighted by atomic mass is 10.2. The maximum atomic E-state index is 5.90. The highest BCUT2D eigenvalue weighted by Crippen LogP contribution is 2.29. The molecule has 1 aliphatic rings. The van der Waals surface area contributed by atoms with Crippen LogP contribution in [0.4, 0.5) is 10.8 Å². The zero-order chi connectivity index (χ0) is 20.1. The third-order valence-corrected chi connectivity index (χ3v) is 6.18. The SMILES string of the molecule is COc1ccccc1N1CCN(CCCCOc2ccc3sc(N)nc3c2)CC1. The molecule has 6 nitrogen and oxygen atoms in total. The maximum absolute atomic E-state index is 5.90. The Labute approximate surface area is 175 Å². The van der Waals surface area contributed by atoms with E-state index in [1.807, 2.05) is 30.3 Å². The molecule has 1 aliphatic heterocycles. The number of unbranched alkanes of at least 4 members (excludes halogenated alkanes) is 1. The second-order valence-electron chi connectivity index (χ2n) is 7.24. The largest absolute Gasteiger partial charge is 0.495 e. The van der Waals surface area contributed by atoms with E-state index in [-0.39, 0.29) is 0 Å². The van der Waals surface area contributed by atoms with E-state index < -0.39 is 0 Å². The molecule has 0 unspecified atom stereocenters. The van der Waals surface area contributed by atoms with Gasteiger partial charge in [-0.15, -0.1) is 0 Å². The van der Waals surface area contributed by atoms with E-state index >= 15 is 0 Å². The predicted octanol–water partition coefficient (Wildman–Crippen LogP) is 3.87. The fraction of sp³-hybridized carbons (Fsp3) is 0.409. The summed E-state index contributed by atoms with van der Waals surface area (Å²) in [4.78, 5) is 9.27. The van der Waals surface area contributed by atoms with Crippen molar-refractivity contribution in [3.63, 3.8) is 0 Å². The van der Waals surface area contributed by atoms with Gasteiger partial charge in [0.25, 0.3) is 0 Å². The standard InChI is InChI=1S/C22H28N4O2S/c1-27-20-7-3-2-6-19(20)26-13-11-25(12-14-26)10-4-5-15-28-17-8-9-21-18(16-17)24-22(23)29-21/h2-3,6-9,16H,4-5,10-15H2,1H3,(H2,23,24). The quantitative estimate of drug-likeness (QED) is 0.567. The van der Waals surface area contributed by atoms with Crippen LogP contribution in [-0.2, 0) is 0 Å². The number of aromatic nitrogens is 1. The first kappa shape index (κ1) is 19.8. The smallest absolute Gasteiger partial charge is 0.181 e. The Morgan fingerprint density at radius 3 is 2.72 bits per heavy atom. The molecule has 0 saturated carbocycles. The number of thiazole rings is 1. The molecule has 154 valence electrons. The lowest BCUT2D eigenvalue weighted by Gasteiger charge is -2.36. The summed E-state index contributed by atoms with van der Waals surface area (Å²) in [5.74, 6) is 1.82. The van der Waals surface area contributed by atoms with E-state index in [1.54, 1.807) is 7.11 Å². The van der Waals surface area contributed by atoms with Crippen LogP contribution < -0.4 is 20.1 Å². The molecule has 29 heavy (non-hydrogen) atoms. The van der Waals surface area contributed by atoms with Gasteiger partial charge >= 0.3 is 0 Å². The van der Waals surface area contributed by atoms with Crippen LogP contribution >= 0.6 is 11.3 Å². The normalized spacial score (nSPS) is 15.0. The second kappa shape index (κ2) is 9.33. The molecule has 2 N–H and O–H groups in total. The van der Waals surface area contributed by atoms with E-state index in [0.29, 0.717) is 5.13 Å². The van der Waals surface area contributed by atoms with Gasteiger partial charge in [-0.1, -0.05) is 23.5 Å². The van der Waals surface area contributed by atoms with E-state index in [1.165, 1.54) is 17.0 Å². The number of nitrogens with zero attached hydrogens (tertiary/aromatic N) is 3. The molecule has 2 heterocycles. The zero-order valence-electron chi connectivity index (χ0n) is 16.8.